The van der Waals surface area contributed by atoms with E-state index < -0.39 is 0 Å². The molecule has 1 aromatic rings. The zero-order valence-corrected chi connectivity index (χ0v) is 7.14. The summed E-state index contributed by atoms with van der Waals surface area (Å²) in [6, 6.07) is 5.93. The summed E-state index contributed by atoms with van der Waals surface area (Å²) in [6.45, 7) is 2.03. The van der Waals surface area contributed by atoms with E-state index in [4.69, 9.17) is 4.74 Å². The van der Waals surface area contributed by atoms with Gasteiger partial charge in [0.2, 0.25) is 0 Å². The third-order valence-electron chi connectivity index (χ3n) is 1.45. The van der Waals surface area contributed by atoms with Crippen molar-refractivity contribution >= 4 is 15.4 Å². The molecule has 3 radical (unpaired) electrons. The molecule has 1 nitrogen and oxygen atoms in total. The lowest BCUT2D eigenvalue weighted by Crippen LogP contribution is -2.10. The summed E-state index contributed by atoms with van der Waals surface area (Å²) in [5, 5.41) is 1.03. The van der Waals surface area contributed by atoms with Gasteiger partial charge in [-0.15, -0.1) is 0 Å². The van der Waals surface area contributed by atoms with E-state index in [9.17, 15) is 0 Å². The normalized spacial score (nSPS) is 9.50. The molecule has 0 spiro atoms. The van der Waals surface area contributed by atoms with Crippen molar-refractivity contribution in [2.45, 2.75) is 6.92 Å². The van der Waals surface area contributed by atoms with Crippen LogP contribution in [0, 0.1) is 6.92 Å². The smallest absolute Gasteiger partial charge is 0.117 e. The molecule has 0 saturated heterocycles. The van der Waals surface area contributed by atoms with Crippen LogP contribution in [0.25, 0.3) is 0 Å². The number of hydrogen-bond donors (Lipinski definition) is 0. The Kier molecular flexibility index (Phi) is 2.12. The first-order chi connectivity index (χ1) is 4.75. The van der Waals surface area contributed by atoms with Crippen LogP contribution in [0.15, 0.2) is 18.2 Å². The molecule has 0 aromatic heterocycles. The van der Waals surface area contributed by atoms with E-state index in [1.807, 2.05) is 25.1 Å². The van der Waals surface area contributed by atoms with Crippen molar-refractivity contribution in [3.8, 4) is 5.75 Å². The Balaban J connectivity index is 3.14. The Morgan fingerprint density at radius 2 is 2.10 bits per heavy atom. The first-order valence-electron chi connectivity index (χ1n) is 3.11. The predicted octanol–water partition coefficient (Wildman–Crippen LogP) is 0.797. The zero-order valence-electron chi connectivity index (χ0n) is 6.14. The highest BCUT2D eigenvalue weighted by Gasteiger charge is 1.97. The predicted molar refractivity (Wildman–Crippen MR) is 43.1 cm³/mol. The standard InChI is InChI=1S/C8H9OSi/c1-6-4-3-5-7(9-2)8(6)10/h3-5H,1-2H3. The lowest BCUT2D eigenvalue weighted by atomic mass is 10.2. The maximum absolute atomic E-state index is 5.08. The molecule has 0 heterocycles. The second-order valence-corrected chi connectivity index (χ2v) is 2.65. The maximum atomic E-state index is 5.08. The average Bonchev–Trinajstić information content (AvgIpc) is 1.95. The quantitative estimate of drug-likeness (QED) is 0.537. The second kappa shape index (κ2) is 2.88. The van der Waals surface area contributed by atoms with E-state index in [1.54, 1.807) is 7.11 Å². The number of methoxy groups -OCH3 is 1. The van der Waals surface area contributed by atoms with Gasteiger partial charge < -0.3 is 4.74 Å². The third-order valence-corrected chi connectivity index (χ3v) is 2.10. The summed E-state index contributed by atoms with van der Waals surface area (Å²) in [5.74, 6) is 0.886. The van der Waals surface area contributed by atoms with Gasteiger partial charge in [-0.05, 0) is 23.7 Å². The Morgan fingerprint density at radius 1 is 1.40 bits per heavy atom. The Labute approximate surface area is 64.4 Å². The minimum atomic E-state index is 0.886. The van der Waals surface area contributed by atoms with Crippen molar-refractivity contribution < 1.29 is 4.74 Å². The van der Waals surface area contributed by atoms with Gasteiger partial charge in [-0.25, -0.2) is 0 Å². The molecule has 0 fully saturated rings. The molecule has 0 saturated carbocycles. The van der Waals surface area contributed by atoms with E-state index in [-0.39, 0.29) is 0 Å². The van der Waals surface area contributed by atoms with E-state index in [0.717, 1.165) is 10.9 Å². The van der Waals surface area contributed by atoms with Crippen LogP contribution >= 0.6 is 0 Å². The molecule has 0 unspecified atom stereocenters. The van der Waals surface area contributed by atoms with Gasteiger partial charge in [-0.1, -0.05) is 12.1 Å². The van der Waals surface area contributed by atoms with Crippen LogP contribution in [0.3, 0.4) is 0 Å². The third kappa shape index (κ3) is 1.21. The molecule has 0 aliphatic carbocycles. The molecule has 10 heavy (non-hydrogen) atoms. The summed E-state index contributed by atoms with van der Waals surface area (Å²) >= 11 is 0. The molecule has 0 aliphatic rings. The number of hydrogen-bond acceptors (Lipinski definition) is 1. The van der Waals surface area contributed by atoms with Gasteiger partial charge in [0.1, 0.15) is 5.75 Å². The van der Waals surface area contributed by atoms with Crippen LogP contribution in [0.4, 0.5) is 0 Å². The number of ether oxygens (including phenoxy) is 1. The monoisotopic (exact) mass is 149 g/mol. The molecule has 51 valence electrons. The fourth-order valence-corrected chi connectivity index (χ4v) is 1.08. The van der Waals surface area contributed by atoms with Gasteiger partial charge in [0.05, 0.1) is 17.4 Å². The molecular weight excluding hydrogens is 140 g/mol. The van der Waals surface area contributed by atoms with E-state index in [0.29, 0.717) is 0 Å². The van der Waals surface area contributed by atoms with Crippen LogP contribution in [-0.4, -0.2) is 17.4 Å². The Morgan fingerprint density at radius 3 is 2.60 bits per heavy atom. The molecule has 0 atom stereocenters. The summed E-state index contributed by atoms with van der Waals surface area (Å²) in [6.07, 6.45) is 0. The van der Waals surface area contributed by atoms with Gasteiger partial charge >= 0.3 is 0 Å². The summed E-state index contributed by atoms with van der Waals surface area (Å²) in [4.78, 5) is 0. The molecule has 1 rings (SSSR count). The number of rotatable bonds is 1. The lowest BCUT2D eigenvalue weighted by molar-refractivity contribution is 0.418. The minimum absolute atomic E-state index is 0.886. The van der Waals surface area contributed by atoms with Crippen molar-refractivity contribution in [2.75, 3.05) is 7.11 Å². The topological polar surface area (TPSA) is 9.23 Å². The van der Waals surface area contributed by atoms with Crippen molar-refractivity contribution in [3.05, 3.63) is 23.8 Å². The Hall–Kier alpha value is -0.763. The van der Waals surface area contributed by atoms with Crippen LogP contribution in [-0.2, 0) is 0 Å². The van der Waals surface area contributed by atoms with E-state index >= 15 is 0 Å². The highest BCUT2D eigenvalue weighted by molar-refractivity contribution is 6.35. The highest BCUT2D eigenvalue weighted by atomic mass is 28.1. The molecule has 0 bridgehead atoms. The zero-order chi connectivity index (χ0) is 7.56. The fourth-order valence-electron chi connectivity index (χ4n) is 0.811. The highest BCUT2D eigenvalue weighted by Crippen LogP contribution is 2.06. The van der Waals surface area contributed by atoms with Crippen LogP contribution < -0.4 is 9.92 Å². The first kappa shape index (κ1) is 7.35. The van der Waals surface area contributed by atoms with Gasteiger partial charge in [-0.3, -0.25) is 0 Å². The summed E-state index contributed by atoms with van der Waals surface area (Å²) < 4.78 is 5.08. The molecule has 0 amide bonds. The van der Waals surface area contributed by atoms with Gasteiger partial charge in [-0.2, -0.15) is 0 Å². The van der Waals surface area contributed by atoms with Crippen molar-refractivity contribution in [2.24, 2.45) is 0 Å². The SMILES string of the molecule is COc1cccc(C)c1[Si]. The van der Waals surface area contributed by atoms with Gasteiger partial charge in [0.15, 0.2) is 0 Å². The van der Waals surface area contributed by atoms with Gasteiger partial charge in [0.25, 0.3) is 0 Å². The molecular formula is C8H9OSi. The molecule has 0 N–H and O–H groups in total. The van der Waals surface area contributed by atoms with Crippen LogP contribution in [0.1, 0.15) is 5.56 Å². The van der Waals surface area contributed by atoms with Crippen molar-refractivity contribution in [3.63, 3.8) is 0 Å². The van der Waals surface area contributed by atoms with E-state index in [1.165, 1.54) is 5.56 Å². The minimum Gasteiger partial charge on any atom is -0.497 e. The fraction of sp³-hybridized carbons (Fsp3) is 0.250. The van der Waals surface area contributed by atoms with Crippen LogP contribution in [0.5, 0.6) is 5.75 Å². The summed E-state index contributed by atoms with van der Waals surface area (Å²) in [5.41, 5.74) is 1.19. The molecule has 2 heteroatoms. The first-order valence-corrected chi connectivity index (χ1v) is 3.61. The Bertz CT molecular complexity index is 233. The lowest BCUT2D eigenvalue weighted by Gasteiger charge is -2.05. The van der Waals surface area contributed by atoms with Crippen molar-refractivity contribution in [1.82, 2.24) is 0 Å². The number of aryl methyl sites for hydroxylation is 1. The molecule has 1 aromatic carbocycles. The van der Waals surface area contributed by atoms with Gasteiger partial charge in [0, 0.05) is 0 Å². The average molecular weight is 149 g/mol. The van der Waals surface area contributed by atoms with Crippen LogP contribution in [0.2, 0.25) is 0 Å². The maximum Gasteiger partial charge on any atom is 0.117 e. The second-order valence-electron chi connectivity index (χ2n) is 2.15. The number of benzene rings is 1. The summed E-state index contributed by atoms with van der Waals surface area (Å²) in [7, 11) is 5.13. The largest absolute Gasteiger partial charge is 0.497 e. The van der Waals surface area contributed by atoms with E-state index in [2.05, 4.69) is 10.2 Å². The molecule has 0 aliphatic heterocycles. The van der Waals surface area contributed by atoms with Crippen molar-refractivity contribution in [1.29, 1.82) is 0 Å².